The topological polar surface area (TPSA) is 9.86 Å². The lowest BCUT2D eigenvalue weighted by molar-refractivity contribution is 0.660. The van der Waals surface area contributed by atoms with Crippen molar-refractivity contribution in [2.45, 2.75) is 19.2 Å². The lowest BCUT2D eigenvalue weighted by Gasteiger charge is -2.22. The predicted molar refractivity (Wildman–Crippen MR) is 224 cm³/mol. The van der Waals surface area contributed by atoms with Crippen molar-refractivity contribution in [2.24, 2.45) is 0 Å². The summed E-state index contributed by atoms with van der Waals surface area (Å²) >= 11 is 0. The molecule has 250 valence electrons. The summed E-state index contributed by atoms with van der Waals surface area (Å²) in [5, 5.41) is 4.74. The maximum absolute atomic E-state index is 8.75. The van der Waals surface area contributed by atoms with E-state index in [2.05, 4.69) is 167 Å². The Morgan fingerprint density at radius 3 is 1.49 bits per heavy atom. The molecule has 53 heavy (non-hydrogen) atoms. The summed E-state index contributed by atoms with van der Waals surface area (Å²) in [6, 6.07) is 64.3. The van der Waals surface area contributed by atoms with E-state index in [0.29, 0.717) is 0 Å². The largest absolute Gasteiger partial charge is 0.309 e. The lowest BCUT2D eigenvalue weighted by Crippen LogP contribution is -2.15. The van der Waals surface area contributed by atoms with Crippen LogP contribution in [0, 0.1) is 0 Å². The molecule has 2 nitrogen and oxygen atoms in total. The van der Waals surface area contributed by atoms with Gasteiger partial charge >= 0.3 is 0 Å². The quantitative estimate of drug-likeness (QED) is 0.175. The zero-order valence-corrected chi connectivity index (χ0v) is 29.2. The third-order valence-electron chi connectivity index (χ3n) is 11.5. The van der Waals surface area contributed by atoms with Crippen LogP contribution in [0.1, 0.15) is 29.0 Å². The van der Waals surface area contributed by atoms with Gasteiger partial charge in [0.15, 0.2) is 0 Å². The summed E-state index contributed by atoms with van der Waals surface area (Å²) < 4.78 is 31.0. The Balaban J connectivity index is 1.09. The minimum atomic E-state index is -2.23. The fourth-order valence-corrected chi connectivity index (χ4v) is 8.98. The van der Waals surface area contributed by atoms with E-state index >= 15 is 0 Å². The van der Waals surface area contributed by atoms with Crippen molar-refractivity contribution >= 4 is 43.6 Å². The molecule has 8 aromatic carbocycles. The van der Waals surface area contributed by atoms with Crippen molar-refractivity contribution in [1.29, 1.82) is 0 Å². The first-order valence-corrected chi connectivity index (χ1v) is 18.3. The highest BCUT2D eigenvalue weighted by Gasteiger charge is 2.35. The van der Waals surface area contributed by atoms with Crippen LogP contribution in [-0.2, 0) is 5.41 Å². The molecule has 0 spiro atoms. The molecule has 10 aromatic rings. The van der Waals surface area contributed by atoms with Gasteiger partial charge in [-0.05, 0) is 93.0 Å². The Morgan fingerprint density at radius 2 is 0.868 bits per heavy atom. The molecule has 1 unspecified atom stereocenters. The summed E-state index contributed by atoms with van der Waals surface area (Å²) in [7, 11) is 0. The normalized spacial score (nSPS) is 16.1. The van der Waals surface area contributed by atoms with Crippen LogP contribution in [0.25, 0.3) is 88.4 Å². The van der Waals surface area contributed by atoms with Gasteiger partial charge in [0, 0.05) is 42.4 Å². The summed E-state index contributed by atoms with van der Waals surface area (Å²) in [5.74, 6) is 0. The summed E-state index contributed by atoms with van der Waals surface area (Å²) in [6.45, 7) is -0.347. The van der Waals surface area contributed by atoms with Gasteiger partial charge in [-0.15, -0.1) is 0 Å². The number of benzene rings is 8. The van der Waals surface area contributed by atoms with Crippen LogP contribution in [0.3, 0.4) is 0 Å². The molecule has 2 heteroatoms. The second-order valence-corrected chi connectivity index (χ2v) is 14.4. The highest BCUT2D eigenvalue weighted by molar-refractivity contribution is 6.28. The molecule has 0 bridgehead atoms. The molecule has 1 aliphatic rings. The Morgan fingerprint density at radius 1 is 0.396 bits per heavy atom. The Labute approximate surface area is 313 Å². The van der Waals surface area contributed by atoms with Crippen LogP contribution >= 0.6 is 0 Å². The molecular weight excluding hydrogens is 641 g/mol. The van der Waals surface area contributed by atoms with Gasteiger partial charge in [0.1, 0.15) is 0 Å². The Kier molecular flexibility index (Phi) is 5.71. The molecule has 0 aliphatic heterocycles. The van der Waals surface area contributed by atoms with E-state index < -0.39 is 12.3 Å². The van der Waals surface area contributed by atoms with E-state index in [0.717, 1.165) is 61.1 Å². The fraction of sp³-hybridized carbons (Fsp3) is 0.0588. The summed E-state index contributed by atoms with van der Waals surface area (Å²) in [4.78, 5) is 0. The van der Waals surface area contributed by atoms with E-state index in [-0.39, 0.29) is 0 Å². The van der Waals surface area contributed by atoms with E-state index in [1.807, 2.05) is 31.2 Å². The van der Waals surface area contributed by atoms with Gasteiger partial charge in [0.05, 0.1) is 22.1 Å². The van der Waals surface area contributed by atoms with Crippen molar-refractivity contribution < 1.29 is 4.11 Å². The number of para-hydroxylation sites is 2. The molecule has 0 radical (unpaired) electrons. The number of aromatic nitrogens is 2. The molecule has 0 fully saturated rings. The van der Waals surface area contributed by atoms with Crippen molar-refractivity contribution in [3.05, 3.63) is 193 Å². The standard InChI is InChI=1S/C51H36N2/c1-51(2)43-17-9-6-14-39(43)40-29-28-38(32-44(40)51)53-46-19-11-8-16-42(46)50-48(53)31-30-47-49(50)41-15-7-10-18-45(41)52(47)37-26-24-36(25-27-37)35-22-20-34(21-23-35)33-12-4-3-5-13-33/h3-32H,1-2H3/i1D3. The number of hydrogen-bond acceptors (Lipinski definition) is 0. The molecule has 0 N–H and O–H groups in total. The van der Waals surface area contributed by atoms with Crippen LogP contribution in [0.5, 0.6) is 0 Å². The second kappa shape index (κ2) is 11.2. The Bertz CT molecular complexity index is 3170. The van der Waals surface area contributed by atoms with Crippen LogP contribution in [0.4, 0.5) is 0 Å². The van der Waals surface area contributed by atoms with Crippen LogP contribution in [0.15, 0.2) is 182 Å². The Hall–Kier alpha value is -6.64. The molecule has 0 amide bonds. The van der Waals surface area contributed by atoms with E-state index in [4.69, 9.17) is 4.11 Å². The first-order chi connectivity index (χ1) is 27.3. The van der Waals surface area contributed by atoms with Gasteiger partial charge in [-0.25, -0.2) is 0 Å². The number of fused-ring (bicyclic) bond motifs is 10. The van der Waals surface area contributed by atoms with Crippen molar-refractivity contribution in [3.63, 3.8) is 0 Å². The van der Waals surface area contributed by atoms with E-state index in [9.17, 15) is 0 Å². The van der Waals surface area contributed by atoms with Crippen LogP contribution < -0.4 is 0 Å². The zero-order chi connectivity index (χ0) is 37.8. The first-order valence-electron chi connectivity index (χ1n) is 19.8. The van der Waals surface area contributed by atoms with Gasteiger partial charge in [-0.3, -0.25) is 0 Å². The molecular formula is C51H36N2. The highest BCUT2D eigenvalue weighted by Crippen LogP contribution is 2.50. The van der Waals surface area contributed by atoms with Gasteiger partial charge < -0.3 is 9.13 Å². The van der Waals surface area contributed by atoms with Gasteiger partial charge in [-0.2, -0.15) is 0 Å². The fourth-order valence-electron chi connectivity index (χ4n) is 8.98. The highest BCUT2D eigenvalue weighted by atomic mass is 15.0. The zero-order valence-electron chi connectivity index (χ0n) is 32.2. The molecule has 0 saturated carbocycles. The minimum Gasteiger partial charge on any atom is -0.309 e. The third-order valence-corrected chi connectivity index (χ3v) is 11.5. The van der Waals surface area contributed by atoms with Crippen LogP contribution in [0.2, 0.25) is 0 Å². The maximum Gasteiger partial charge on any atom is 0.0548 e. The van der Waals surface area contributed by atoms with Gasteiger partial charge in [0.2, 0.25) is 0 Å². The van der Waals surface area contributed by atoms with Gasteiger partial charge in [0.25, 0.3) is 0 Å². The predicted octanol–water partition coefficient (Wildman–Crippen LogP) is 13.5. The average Bonchev–Trinajstić information content (AvgIpc) is 3.85. The maximum atomic E-state index is 8.75. The van der Waals surface area contributed by atoms with Crippen molar-refractivity contribution in [3.8, 4) is 44.8 Å². The lowest BCUT2D eigenvalue weighted by atomic mass is 9.82. The molecule has 11 rings (SSSR count). The van der Waals surface area contributed by atoms with Gasteiger partial charge in [-0.1, -0.05) is 147 Å². The molecule has 2 heterocycles. The summed E-state index contributed by atoms with van der Waals surface area (Å²) in [6.07, 6.45) is 0. The van der Waals surface area contributed by atoms with E-state index in [1.165, 1.54) is 38.4 Å². The molecule has 1 atom stereocenters. The molecule has 0 saturated heterocycles. The molecule has 1 aliphatic carbocycles. The second-order valence-electron chi connectivity index (χ2n) is 14.4. The van der Waals surface area contributed by atoms with Crippen LogP contribution in [-0.4, -0.2) is 9.13 Å². The SMILES string of the molecule is [2H]C([2H])([2H])C1(C)c2ccccc2-c2ccc(-n3c4ccccc4c4c5c6ccccc6n(-c6ccc(-c7ccc(-c8ccccc8)cc7)cc6)c5ccc43)cc21. The minimum absolute atomic E-state index is 0.843. The molecule has 2 aromatic heterocycles. The monoisotopic (exact) mass is 679 g/mol. The number of hydrogen-bond donors (Lipinski definition) is 0. The number of rotatable bonds is 4. The first kappa shape index (κ1) is 27.1. The third kappa shape index (κ3) is 4.33. The van der Waals surface area contributed by atoms with Crippen molar-refractivity contribution in [2.75, 3.05) is 0 Å². The van der Waals surface area contributed by atoms with E-state index in [1.54, 1.807) is 0 Å². The summed E-state index contributed by atoms with van der Waals surface area (Å²) in [5.41, 5.74) is 13.9. The average molecular weight is 680 g/mol. The number of nitrogens with zero attached hydrogens (tertiary/aromatic N) is 2. The smallest absolute Gasteiger partial charge is 0.0548 e. The van der Waals surface area contributed by atoms with Crippen molar-refractivity contribution in [1.82, 2.24) is 9.13 Å².